The summed E-state index contributed by atoms with van der Waals surface area (Å²) in [5.41, 5.74) is 7.59. The second-order valence-corrected chi connectivity index (χ2v) is 5.62. The lowest BCUT2D eigenvalue weighted by atomic mass is 10.2. The molecule has 1 aromatic heterocycles. The molecule has 0 unspecified atom stereocenters. The minimum Gasteiger partial charge on any atom is -0.497 e. The van der Waals surface area contributed by atoms with Gasteiger partial charge in [0, 0.05) is 24.0 Å². The van der Waals surface area contributed by atoms with Gasteiger partial charge in [0.1, 0.15) is 17.3 Å². The molecular weight excluding hydrogens is 474 g/mol. The first-order chi connectivity index (χ1) is 13.1. The van der Waals surface area contributed by atoms with Crippen molar-refractivity contribution in [1.82, 2.24) is 4.98 Å². The fourth-order valence-electron chi connectivity index (χ4n) is 2.29. The highest BCUT2D eigenvalue weighted by atomic mass is 127. The van der Waals surface area contributed by atoms with Gasteiger partial charge in [-0.05, 0) is 48.0 Å². The second-order valence-electron chi connectivity index (χ2n) is 5.62. The van der Waals surface area contributed by atoms with Crippen LogP contribution in [0.25, 0.3) is 0 Å². The predicted octanol–water partition coefficient (Wildman–Crippen LogP) is 4.57. The first-order valence-electron chi connectivity index (χ1n) is 8.22. The SMILES string of the molecule is COc1cccc(NC(N)=NCc2ccnc(Oc3ccc(F)cc3)c2)c1.I. The molecule has 0 saturated heterocycles. The molecule has 3 aromatic rings. The number of nitrogens with two attached hydrogens (primary N) is 1. The molecule has 0 spiro atoms. The van der Waals surface area contributed by atoms with E-state index >= 15 is 0 Å². The van der Waals surface area contributed by atoms with Gasteiger partial charge in [-0.2, -0.15) is 0 Å². The number of nitrogens with one attached hydrogen (secondary N) is 1. The number of ether oxygens (including phenoxy) is 2. The van der Waals surface area contributed by atoms with Crippen molar-refractivity contribution in [2.24, 2.45) is 10.7 Å². The van der Waals surface area contributed by atoms with Crippen LogP contribution in [0.2, 0.25) is 0 Å². The van der Waals surface area contributed by atoms with Gasteiger partial charge < -0.3 is 20.5 Å². The summed E-state index contributed by atoms with van der Waals surface area (Å²) in [7, 11) is 1.60. The Morgan fingerprint density at radius 3 is 2.64 bits per heavy atom. The van der Waals surface area contributed by atoms with Gasteiger partial charge >= 0.3 is 0 Å². The number of methoxy groups -OCH3 is 1. The van der Waals surface area contributed by atoms with Crippen LogP contribution in [0.1, 0.15) is 5.56 Å². The summed E-state index contributed by atoms with van der Waals surface area (Å²) in [5, 5.41) is 3.01. The van der Waals surface area contributed by atoms with Crippen molar-refractivity contribution >= 4 is 35.6 Å². The van der Waals surface area contributed by atoms with Crippen molar-refractivity contribution in [2.75, 3.05) is 12.4 Å². The van der Waals surface area contributed by atoms with Crippen molar-refractivity contribution < 1.29 is 13.9 Å². The lowest BCUT2D eigenvalue weighted by molar-refractivity contribution is 0.415. The summed E-state index contributed by atoms with van der Waals surface area (Å²) in [6.45, 7) is 0.352. The Morgan fingerprint density at radius 1 is 1.11 bits per heavy atom. The van der Waals surface area contributed by atoms with Gasteiger partial charge in [-0.1, -0.05) is 6.07 Å². The molecule has 0 radical (unpaired) electrons. The first kappa shape index (κ1) is 21.4. The maximum absolute atomic E-state index is 13.0. The zero-order valence-corrected chi connectivity index (χ0v) is 17.5. The lowest BCUT2D eigenvalue weighted by Gasteiger charge is -2.08. The average Bonchev–Trinajstić information content (AvgIpc) is 2.69. The average molecular weight is 494 g/mol. The Hall–Kier alpha value is -2.88. The van der Waals surface area contributed by atoms with Gasteiger partial charge in [0.2, 0.25) is 5.88 Å². The topological polar surface area (TPSA) is 81.8 Å². The fraction of sp³-hybridized carbons (Fsp3) is 0.100. The van der Waals surface area contributed by atoms with Crippen molar-refractivity contribution in [1.29, 1.82) is 0 Å². The highest BCUT2D eigenvalue weighted by molar-refractivity contribution is 14.0. The molecule has 0 bridgehead atoms. The van der Waals surface area contributed by atoms with E-state index in [9.17, 15) is 4.39 Å². The Morgan fingerprint density at radius 2 is 1.89 bits per heavy atom. The molecule has 3 N–H and O–H groups in total. The summed E-state index contributed by atoms with van der Waals surface area (Å²) < 4.78 is 23.7. The molecule has 146 valence electrons. The smallest absolute Gasteiger partial charge is 0.219 e. The molecule has 0 aliphatic carbocycles. The molecule has 1 heterocycles. The highest BCUT2D eigenvalue weighted by Crippen LogP contribution is 2.20. The van der Waals surface area contributed by atoms with E-state index in [1.165, 1.54) is 24.3 Å². The molecule has 2 aromatic carbocycles. The van der Waals surface area contributed by atoms with Gasteiger partial charge in [0.25, 0.3) is 0 Å². The zero-order chi connectivity index (χ0) is 19.1. The molecule has 0 saturated carbocycles. The molecule has 0 aliphatic rings. The minimum absolute atomic E-state index is 0. The van der Waals surface area contributed by atoms with Crippen LogP contribution in [0.15, 0.2) is 71.9 Å². The van der Waals surface area contributed by atoms with E-state index in [0.29, 0.717) is 18.2 Å². The quantitative estimate of drug-likeness (QED) is 0.298. The third-order valence-electron chi connectivity index (χ3n) is 3.61. The number of aromatic nitrogens is 1. The second kappa shape index (κ2) is 10.5. The molecular formula is C20H20FIN4O2. The summed E-state index contributed by atoms with van der Waals surface area (Å²) in [4.78, 5) is 8.46. The number of halogens is 2. The van der Waals surface area contributed by atoms with Crippen molar-refractivity contribution in [3.8, 4) is 17.4 Å². The molecule has 0 fully saturated rings. The van der Waals surface area contributed by atoms with Crippen molar-refractivity contribution in [3.63, 3.8) is 0 Å². The minimum atomic E-state index is -0.322. The number of pyridine rings is 1. The standard InChI is InChI=1S/C20H19FN4O2.HI/c1-26-18-4-2-3-16(12-18)25-20(22)24-13-14-9-10-23-19(11-14)27-17-7-5-15(21)6-8-17;/h2-12H,13H2,1H3,(H3,22,24,25);1H. The van der Waals surface area contributed by atoms with E-state index in [2.05, 4.69) is 15.3 Å². The van der Waals surface area contributed by atoms with E-state index < -0.39 is 0 Å². The molecule has 0 amide bonds. The van der Waals surface area contributed by atoms with E-state index in [4.69, 9.17) is 15.2 Å². The lowest BCUT2D eigenvalue weighted by Crippen LogP contribution is -2.22. The van der Waals surface area contributed by atoms with Crippen LogP contribution in [-0.2, 0) is 6.54 Å². The number of benzene rings is 2. The van der Waals surface area contributed by atoms with E-state index in [1.54, 1.807) is 19.4 Å². The number of rotatable bonds is 6. The monoisotopic (exact) mass is 494 g/mol. The largest absolute Gasteiger partial charge is 0.497 e. The molecule has 0 aliphatic heterocycles. The van der Waals surface area contributed by atoms with Gasteiger partial charge in [0.15, 0.2) is 5.96 Å². The third kappa shape index (κ3) is 6.38. The Balaban J connectivity index is 0.00000280. The predicted molar refractivity (Wildman–Crippen MR) is 118 cm³/mol. The number of nitrogens with zero attached hydrogens (tertiary/aromatic N) is 2. The molecule has 3 rings (SSSR count). The van der Waals surface area contributed by atoms with Gasteiger partial charge in [-0.3, -0.25) is 0 Å². The molecule has 6 nitrogen and oxygen atoms in total. The van der Waals surface area contributed by atoms with Gasteiger partial charge in [-0.15, -0.1) is 24.0 Å². The van der Waals surface area contributed by atoms with E-state index in [0.717, 1.165) is 17.0 Å². The Labute approximate surface area is 179 Å². The van der Waals surface area contributed by atoms with Gasteiger partial charge in [0.05, 0.1) is 13.7 Å². The van der Waals surface area contributed by atoms with E-state index in [-0.39, 0.29) is 35.8 Å². The van der Waals surface area contributed by atoms with Crippen LogP contribution in [0.4, 0.5) is 10.1 Å². The number of hydrogen-bond donors (Lipinski definition) is 2. The van der Waals surface area contributed by atoms with Crippen molar-refractivity contribution in [2.45, 2.75) is 6.54 Å². The van der Waals surface area contributed by atoms with Crippen LogP contribution in [0.5, 0.6) is 17.4 Å². The van der Waals surface area contributed by atoms with Crippen LogP contribution in [0.3, 0.4) is 0 Å². The highest BCUT2D eigenvalue weighted by Gasteiger charge is 2.02. The number of anilines is 1. The summed E-state index contributed by atoms with van der Waals surface area (Å²) in [6, 6.07) is 16.7. The zero-order valence-electron chi connectivity index (χ0n) is 15.1. The van der Waals surface area contributed by atoms with Gasteiger partial charge in [-0.25, -0.2) is 14.4 Å². The van der Waals surface area contributed by atoms with Crippen LogP contribution in [-0.4, -0.2) is 18.1 Å². The van der Waals surface area contributed by atoms with Crippen LogP contribution < -0.4 is 20.5 Å². The molecule has 28 heavy (non-hydrogen) atoms. The van der Waals surface area contributed by atoms with Crippen LogP contribution >= 0.6 is 24.0 Å². The van der Waals surface area contributed by atoms with Crippen LogP contribution in [0, 0.1) is 5.82 Å². The van der Waals surface area contributed by atoms with Crippen molar-refractivity contribution in [3.05, 3.63) is 78.2 Å². The Bertz CT molecular complexity index is 935. The molecule has 0 atom stereocenters. The maximum Gasteiger partial charge on any atom is 0.219 e. The maximum atomic E-state index is 13.0. The summed E-state index contributed by atoms with van der Waals surface area (Å²) in [6.07, 6.45) is 1.62. The van der Waals surface area contributed by atoms with E-state index in [1.807, 2.05) is 30.3 Å². The fourth-order valence-corrected chi connectivity index (χ4v) is 2.29. The Kier molecular flexibility index (Phi) is 8.00. The number of guanidine groups is 1. The summed E-state index contributed by atoms with van der Waals surface area (Å²) in [5.74, 6) is 1.58. The summed E-state index contributed by atoms with van der Waals surface area (Å²) >= 11 is 0. The number of aliphatic imine (C=N–C) groups is 1. The normalized spacial score (nSPS) is 10.7. The number of hydrogen-bond acceptors (Lipinski definition) is 4. The third-order valence-corrected chi connectivity index (χ3v) is 3.61. The first-order valence-corrected chi connectivity index (χ1v) is 8.22. The molecule has 8 heteroatoms.